The van der Waals surface area contributed by atoms with Gasteiger partial charge in [-0.05, 0) is 12.0 Å². The van der Waals surface area contributed by atoms with E-state index in [4.69, 9.17) is 9.47 Å². The van der Waals surface area contributed by atoms with Gasteiger partial charge in [-0.2, -0.15) is 0 Å². The van der Waals surface area contributed by atoms with Gasteiger partial charge >= 0.3 is 6.09 Å². The highest BCUT2D eigenvalue weighted by atomic mass is 16.7. The van der Waals surface area contributed by atoms with E-state index in [2.05, 4.69) is 0 Å². The second kappa shape index (κ2) is 6.06. The number of rotatable bonds is 3. The van der Waals surface area contributed by atoms with Gasteiger partial charge in [0.1, 0.15) is 6.29 Å². The summed E-state index contributed by atoms with van der Waals surface area (Å²) in [6, 6.07) is 8.57. The van der Waals surface area contributed by atoms with Gasteiger partial charge in [0.2, 0.25) is 0 Å². The lowest BCUT2D eigenvalue weighted by Crippen LogP contribution is -2.59. The number of aldehydes is 1. The van der Waals surface area contributed by atoms with Gasteiger partial charge in [-0.1, -0.05) is 30.3 Å². The Bertz CT molecular complexity index is 541. The summed E-state index contributed by atoms with van der Waals surface area (Å²) in [5.74, 6) is -0.822. The molecule has 6 heteroatoms. The highest BCUT2D eigenvalue weighted by Gasteiger charge is 2.50. The summed E-state index contributed by atoms with van der Waals surface area (Å²) >= 11 is 0. The predicted molar refractivity (Wildman–Crippen MR) is 77.5 cm³/mol. The number of ether oxygens (including phenoxy) is 2. The number of carbonyl (C=O) groups is 2. The Labute approximate surface area is 128 Å². The summed E-state index contributed by atoms with van der Waals surface area (Å²) in [4.78, 5) is 24.3. The summed E-state index contributed by atoms with van der Waals surface area (Å²) in [5.41, 5.74) is 1.03. The molecule has 0 aromatic heterocycles. The topological polar surface area (TPSA) is 76.1 Å². The normalized spacial score (nSPS) is 27.0. The molecule has 2 saturated heterocycles. The number of hydrogen-bond donors (Lipinski definition) is 1. The summed E-state index contributed by atoms with van der Waals surface area (Å²) in [7, 11) is 0. The third-order valence-electron chi connectivity index (χ3n) is 4.32. The molecule has 1 aromatic rings. The molecule has 0 bridgehead atoms. The largest absolute Gasteiger partial charge is 0.465 e. The van der Waals surface area contributed by atoms with Crippen LogP contribution >= 0.6 is 0 Å². The van der Waals surface area contributed by atoms with Gasteiger partial charge in [0, 0.05) is 18.9 Å². The van der Waals surface area contributed by atoms with Crippen LogP contribution in [0, 0.1) is 0 Å². The van der Waals surface area contributed by atoms with Crippen LogP contribution in [0.3, 0.4) is 0 Å². The SMILES string of the molecule is O=CC1CC2(CC(Cc3ccccc3)N1C(=O)O)OCCO2. The molecular weight excluding hydrogens is 286 g/mol. The molecule has 2 heterocycles. The Morgan fingerprint density at radius 1 is 1.27 bits per heavy atom. The van der Waals surface area contributed by atoms with Crippen LogP contribution in [0.15, 0.2) is 30.3 Å². The fraction of sp³-hybridized carbons (Fsp3) is 0.500. The predicted octanol–water partition coefficient (Wildman–Crippen LogP) is 1.68. The van der Waals surface area contributed by atoms with Crippen LogP contribution in [0.1, 0.15) is 18.4 Å². The highest BCUT2D eigenvalue weighted by Crippen LogP contribution is 2.38. The van der Waals surface area contributed by atoms with E-state index in [1.54, 1.807) is 0 Å². The van der Waals surface area contributed by atoms with E-state index < -0.39 is 17.9 Å². The average molecular weight is 305 g/mol. The number of amides is 1. The molecule has 3 rings (SSSR count). The molecular formula is C16H19NO5. The van der Waals surface area contributed by atoms with Gasteiger partial charge in [0.15, 0.2) is 5.79 Å². The van der Waals surface area contributed by atoms with Crippen LogP contribution in [-0.4, -0.2) is 53.5 Å². The molecule has 22 heavy (non-hydrogen) atoms. The first-order valence-corrected chi connectivity index (χ1v) is 7.42. The van der Waals surface area contributed by atoms with Crippen LogP contribution in [0.25, 0.3) is 0 Å². The van der Waals surface area contributed by atoms with E-state index in [1.165, 1.54) is 4.90 Å². The Morgan fingerprint density at radius 3 is 2.55 bits per heavy atom. The van der Waals surface area contributed by atoms with Crippen molar-refractivity contribution >= 4 is 12.4 Å². The molecule has 1 aromatic carbocycles. The van der Waals surface area contributed by atoms with E-state index >= 15 is 0 Å². The van der Waals surface area contributed by atoms with Gasteiger partial charge in [-0.3, -0.25) is 4.90 Å². The Balaban J connectivity index is 1.87. The first kappa shape index (κ1) is 15.0. The molecule has 0 aliphatic carbocycles. The first-order chi connectivity index (χ1) is 10.6. The van der Waals surface area contributed by atoms with Crippen molar-refractivity contribution in [3.63, 3.8) is 0 Å². The molecule has 2 aliphatic heterocycles. The van der Waals surface area contributed by atoms with E-state index in [1.807, 2.05) is 30.3 Å². The lowest BCUT2D eigenvalue weighted by atomic mass is 9.87. The number of piperidine rings is 1. The molecule has 0 radical (unpaired) electrons. The third kappa shape index (κ3) is 2.84. The highest BCUT2D eigenvalue weighted by molar-refractivity contribution is 5.72. The molecule has 2 fully saturated rings. The van der Waals surface area contributed by atoms with Crippen LogP contribution in [0.4, 0.5) is 4.79 Å². The van der Waals surface area contributed by atoms with E-state index in [9.17, 15) is 14.7 Å². The van der Waals surface area contributed by atoms with Gasteiger partial charge in [-0.15, -0.1) is 0 Å². The minimum atomic E-state index is -1.08. The zero-order chi connectivity index (χ0) is 15.6. The van der Waals surface area contributed by atoms with Crippen molar-refractivity contribution in [1.29, 1.82) is 0 Å². The summed E-state index contributed by atoms with van der Waals surface area (Å²) in [6.07, 6.45) is 0.835. The molecule has 1 spiro atoms. The van der Waals surface area contributed by atoms with Crippen molar-refractivity contribution in [2.24, 2.45) is 0 Å². The molecule has 2 unspecified atom stereocenters. The molecule has 118 valence electrons. The summed E-state index contributed by atoms with van der Waals surface area (Å²) < 4.78 is 11.4. The molecule has 1 amide bonds. The number of nitrogens with zero attached hydrogens (tertiary/aromatic N) is 1. The minimum absolute atomic E-state index is 0.258. The maximum absolute atomic E-state index is 11.6. The molecule has 0 saturated carbocycles. The molecule has 1 N–H and O–H groups in total. The summed E-state index contributed by atoms with van der Waals surface area (Å²) in [5, 5.41) is 9.50. The van der Waals surface area contributed by atoms with E-state index in [0.717, 1.165) is 5.56 Å². The van der Waals surface area contributed by atoms with Gasteiger partial charge in [-0.25, -0.2) is 4.79 Å². The smallest absolute Gasteiger partial charge is 0.408 e. The van der Waals surface area contributed by atoms with Crippen molar-refractivity contribution in [2.45, 2.75) is 37.1 Å². The molecule has 2 atom stereocenters. The lowest BCUT2D eigenvalue weighted by molar-refractivity contribution is -0.202. The van der Waals surface area contributed by atoms with Crippen molar-refractivity contribution in [2.75, 3.05) is 13.2 Å². The zero-order valence-electron chi connectivity index (χ0n) is 12.2. The monoisotopic (exact) mass is 305 g/mol. The van der Waals surface area contributed by atoms with E-state index in [0.29, 0.717) is 32.3 Å². The van der Waals surface area contributed by atoms with Crippen LogP contribution in [0.2, 0.25) is 0 Å². The first-order valence-electron chi connectivity index (χ1n) is 7.42. The standard InChI is InChI=1S/C16H19NO5/c18-11-14-10-16(21-6-7-22-16)9-13(17(14)15(19)20)8-12-4-2-1-3-5-12/h1-5,11,13-14H,6-10H2,(H,19,20). The van der Waals surface area contributed by atoms with Crippen LogP contribution < -0.4 is 0 Å². The van der Waals surface area contributed by atoms with Crippen molar-refractivity contribution in [3.05, 3.63) is 35.9 Å². The number of carboxylic acid groups (broad SMARTS) is 1. The maximum Gasteiger partial charge on any atom is 0.408 e. The van der Waals surface area contributed by atoms with Crippen molar-refractivity contribution < 1.29 is 24.2 Å². The van der Waals surface area contributed by atoms with Crippen LogP contribution in [-0.2, 0) is 20.7 Å². The maximum atomic E-state index is 11.6. The number of benzene rings is 1. The van der Waals surface area contributed by atoms with Gasteiger partial charge in [0.05, 0.1) is 19.3 Å². The van der Waals surface area contributed by atoms with Crippen molar-refractivity contribution in [1.82, 2.24) is 4.90 Å². The second-order valence-electron chi connectivity index (χ2n) is 5.75. The summed E-state index contributed by atoms with van der Waals surface area (Å²) in [6.45, 7) is 0.966. The lowest BCUT2D eigenvalue weighted by Gasteiger charge is -2.45. The zero-order valence-corrected chi connectivity index (χ0v) is 12.2. The number of likely N-dealkylation sites (tertiary alicyclic amines) is 1. The van der Waals surface area contributed by atoms with Crippen molar-refractivity contribution in [3.8, 4) is 0 Å². The average Bonchev–Trinajstić information content (AvgIpc) is 2.95. The Hall–Kier alpha value is -1.92. The number of carbonyl (C=O) groups excluding carboxylic acids is 1. The van der Waals surface area contributed by atoms with E-state index in [-0.39, 0.29) is 12.5 Å². The molecule has 6 nitrogen and oxygen atoms in total. The fourth-order valence-electron chi connectivity index (χ4n) is 3.43. The third-order valence-corrected chi connectivity index (χ3v) is 4.32. The minimum Gasteiger partial charge on any atom is -0.465 e. The van der Waals surface area contributed by atoms with Gasteiger partial charge in [0.25, 0.3) is 0 Å². The fourth-order valence-corrected chi connectivity index (χ4v) is 3.43. The number of hydrogen-bond acceptors (Lipinski definition) is 4. The molecule has 2 aliphatic rings. The Morgan fingerprint density at radius 2 is 1.95 bits per heavy atom. The quantitative estimate of drug-likeness (QED) is 0.860. The second-order valence-corrected chi connectivity index (χ2v) is 5.75. The Kier molecular flexibility index (Phi) is 4.13. The van der Waals surface area contributed by atoms with Crippen LogP contribution in [0.5, 0.6) is 0 Å². The van der Waals surface area contributed by atoms with Gasteiger partial charge < -0.3 is 19.4 Å².